The first-order valence-electron chi connectivity index (χ1n) is 13.6. The molecule has 0 radical (unpaired) electrons. The van der Waals surface area contributed by atoms with Crippen molar-refractivity contribution >= 4 is 33.6 Å². The van der Waals surface area contributed by atoms with E-state index >= 15 is 0 Å². The summed E-state index contributed by atoms with van der Waals surface area (Å²) in [6.45, 7) is 0. The standard InChI is InChI=1S/C37H22FNS/c38-23-17-19-24(20-18-23)39-33-15-7-3-11-27(33)28-21-22-32-36(35(28)39)40-34-16-8-6-14-31(34)37(32)29-12-4-1-9-25(29)26-10-2-5-13-30(26)37/h1-22H. The van der Waals surface area contributed by atoms with Gasteiger partial charge in [0.15, 0.2) is 0 Å². The molecular formula is C37H22FNS. The molecule has 40 heavy (non-hydrogen) atoms. The summed E-state index contributed by atoms with van der Waals surface area (Å²) in [6.07, 6.45) is 0. The summed E-state index contributed by atoms with van der Waals surface area (Å²) in [4.78, 5) is 2.52. The van der Waals surface area contributed by atoms with Gasteiger partial charge in [-0.15, -0.1) is 0 Å². The average molecular weight is 532 g/mol. The Morgan fingerprint density at radius 1 is 0.525 bits per heavy atom. The van der Waals surface area contributed by atoms with Gasteiger partial charge in [0.05, 0.1) is 16.4 Å². The third-order valence-corrected chi connectivity index (χ3v) is 9.93. The highest BCUT2D eigenvalue weighted by Crippen LogP contribution is 2.63. The van der Waals surface area contributed by atoms with E-state index in [9.17, 15) is 4.39 Å². The zero-order chi connectivity index (χ0) is 26.4. The van der Waals surface area contributed by atoms with E-state index in [-0.39, 0.29) is 5.82 Å². The molecule has 188 valence electrons. The lowest BCUT2D eigenvalue weighted by Crippen LogP contribution is -2.32. The molecule has 2 heterocycles. The normalized spacial score (nSPS) is 14.2. The maximum absolute atomic E-state index is 14.1. The van der Waals surface area contributed by atoms with Gasteiger partial charge in [-0.2, -0.15) is 0 Å². The van der Waals surface area contributed by atoms with Crippen LogP contribution in [-0.2, 0) is 5.41 Å². The molecule has 9 rings (SSSR count). The Kier molecular flexibility index (Phi) is 4.43. The quantitative estimate of drug-likeness (QED) is 0.204. The maximum atomic E-state index is 14.1. The van der Waals surface area contributed by atoms with E-state index in [0.717, 1.165) is 11.2 Å². The molecule has 0 atom stereocenters. The van der Waals surface area contributed by atoms with Crippen LogP contribution in [0.5, 0.6) is 0 Å². The van der Waals surface area contributed by atoms with Crippen LogP contribution >= 0.6 is 11.8 Å². The largest absolute Gasteiger partial charge is 0.308 e. The van der Waals surface area contributed by atoms with Crippen LogP contribution in [0.3, 0.4) is 0 Å². The van der Waals surface area contributed by atoms with Crippen LogP contribution in [0.25, 0.3) is 38.6 Å². The van der Waals surface area contributed by atoms with Crippen LogP contribution in [0, 0.1) is 5.82 Å². The molecule has 0 N–H and O–H groups in total. The van der Waals surface area contributed by atoms with Crippen LogP contribution in [-0.4, -0.2) is 4.57 Å². The first-order valence-corrected chi connectivity index (χ1v) is 14.4. The lowest BCUT2D eigenvalue weighted by atomic mass is 9.67. The molecular weight excluding hydrogens is 509 g/mol. The van der Waals surface area contributed by atoms with Crippen molar-refractivity contribution in [2.75, 3.05) is 0 Å². The third kappa shape index (κ3) is 2.68. The first kappa shape index (κ1) is 22.2. The van der Waals surface area contributed by atoms with Crippen LogP contribution in [0.4, 0.5) is 4.39 Å². The number of hydrogen-bond acceptors (Lipinski definition) is 1. The molecule has 1 aliphatic heterocycles. The molecule has 0 amide bonds. The van der Waals surface area contributed by atoms with E-state index < -0.39 is 5.41 Å². The van der Waals surface area contributed by atoms with Gasteiger partial charge in [0, 0.05) is 26.3 Å². The van der Waals surface area contributed by atoms with E-state index in [1.165, 1.54) is 59.5 Å². The van der Waals surface area contributed by atoms with Crippen molar-refractivity contribution in [2.24, 2.45) is 0 Å². The number of para-hydroxylation sites is 1. The van der Waals surface area contributed by atoms with Crippen LogP contribution < -0.4 is 0 Å². The second-order valence-electron chi connectivity index (χ2n) is 10.6. The summed E-state index contributed by atoms with van der Waals surface area (Å²) in [5.74, 6) is -0.229. The van der Waals surface area contributed by atoms with Gasteiger partial charge in [0.2, 0.25) is 0 Å². The lowest BCUT2D eigenvalue weighted by Gasteiger charge is -2.40. The van der Waals surface area contributed by atoms with Crippen molar-refractivity contribution in [2.45, 2.75) is 15.2 Å². The second-order valence-corrected chi connectivity index (χ2v) is 11.7. The molecule has 6 aromatic carbocycles. The number of aromatic nitrogens is 1. The number of benzene rings is 6. The van der Waals surface area contributed by atoms with Crippen molar-refractivity contribution in [3.8, 4) is 16.8 Å². The highest BCUT2D eigenvalue weighted by molar-refractivity contribution is 7.99. The van der Waals surface area contributed by atoms with Crippen LogP contribution in [0.2, 0.25) is 0 Å². The smallest absolute Gasteiger partial charge is 0.123 e. The Balaban J connectivity index is 1.50. The molecule has 1 aliphatic carbocycles. The van der Waals surface area contributed by atoms with E-state index in [4.69, 9.17) is 0 Å². The van der Waals surface area contributed by atoms with Gasteiger partial charge in [-0.3, -0.25) is 0 Å². The van der Waals surface area contributed by atoms with Gasteiger partial charge in [-0.1, -0.05) is 109 Å². The molecule has 3 heteroatoms. The minimum Gasteiger partial charge on any atom is -0.308 e. The molecule has 1 nitrogen and oxygen atoms in total. The number of nitrogens with zero attached hydrogens (tertiary/aromatic N) is 1. The van der Waals surface area contributed by atoms with Crippen molar-refractivity contribution in [1.82, 2.24) is 4.57 Å². The number of rotatable bonds is 1. The van der Waals surface area contributed by atoms with E-state index in [1.54, 1.807) is 12.1 Å². The van der Waals surface area contributed by atoms with Crippen molar-refractivity contribution in [3.63, 3.8) is 0 Å². The van der Waals surface area contributed by atoms with Gasteiger partial charge in [-0.05, 0) is 69.8 Å². The predicted octanol–water partition coefficient (Wildman–Crippen LogP) is 9.75. The molecule has 0 saturated carbocycles. The first-order chi connectivity index (χ1) is 19.8. The van der Waals surface area contributed by atoms with Crippen molar-refractivity contribution in [1.29, 1.82) is 0 Å². The number of halogens is 1. The van der Waals surface area contributed by atoms with Gasteiger partial charge < -0.3 is 4.57 Å². The minimum atomic E-state index is -0.428. The highest BCUT2D eigenvalue weighted by Gasteiger charge is 2.50. The molecule has 0 fully saturated rings. The van der Waals surface area contributed by atoms with Gasteiger partial charge in [-0.25, -0.2) is 4.39 Å². The Hall–Kier alpha value is -4.60. The van der Waals surface area contributed by atoms with Gasteiger partial charge in [0.1, 0.15) is 5.82 Å². The molecule has 2 aliphatic rings. The molecule has 1 spiro atoms. The summed E-state index contributed by atoms with van der Waals surface area (Å²) >= 11 is 1.85. The van der Waals surface area contributed by atoms with Crippen molar-refractivity contribution < 1.29 is 4.39 Å². The van der Waals surface area contributed by atoms with Crippen molar-refractivity contribution in [3.05, 3.63) is 162 Å². The third-order valence-electron chi connectivity index (χ3n) is 8.73. The molecule has 0 unspecified atom stereocenters. The fraction of sp³-hybridized carbons (Fsp3) is 0.0270. The minimum absolute atomic E-state index is 0.229. The Morgan fingerprint density at radius 3 is 1.90 bits per heavy atom. The Bertz CT molecular complexity index is 2110. The zero-order valence-electron chi connectivity index (χ0n) is 21.4. The molecule has 0 saturated heterocycles. The van der Waals surface area contributed by atoms with Gasteiger partial charge in [0.25, 0.3) is 0 Å². The summed E-state index contributed by atoms with van der Waals surface area (Å²) in [5.41, 5.74) is 10.7. The average Bonchev–Trinajstić information content (AvgIpc) is 3.50. The number of fused-ring (bicyclic) bond motifs is 13. The summed E-state index contributed by atoms with van der Waals surface area (Å²) < 4.78 is 16.4. The monoisotopic (exact) mass is 531 g/mol. The van der Waals surface area contributed by atoms with E-state index in [2.05, 4.69) is 114 Å². The summed E-state index contributed by atoms with van der Waals surface area (Å²) in [5, 5.41) is 2.41. The second kappa shape index (κ2) is 7.97. The fourth-order valence-corrected chi connectivity index (χ4v) is 8.55. The van der Waals surface area contributed by atoms with Crippen LogP contribution in [0.1, 0.15) is 22.3 Å². The summed E-state index contributed by atoms with van der Waals surface area (Å²) in [6, 6.07) is 46.8. The molecule has 7 aromatic rings. The molecule has 0 bridgehead atoms. The molecule has 1 aromatic heterocycles. The number of hydrogen-bond donors (Lipinski definition) is 0. The lowest BCUT2D eigenvalue weighted by molar-refractivity contribution is 0.627. The Labute approximate surface area is 235 Å². The van der Waals surface area contributed by atoms with E-state index in [1.807, 2.05) is 23.9 Å². The fourth-order valence-electron chi connectivity index (χ4n) is 7.22. The van der Waals surface area contributed by atoms with Gasteiger partial charge >= 0.3 is 0 Å². The topological polar surface area (TPSA) is 4.93 Å². The summed E-state index contributed by atoms with van der Waals surface area (Å²) in [7, 11) is 0. The predicted molar refractivity (Wildman–Crippen MR) is 162 cm³/mol. The van der Waals surface area contributed by atoms with Crippen LogP contribution in [0.15, 0.2) is 143 Å². The van der Waals surface area contributed by atoms with E-state index in [0.29, 0.717) is 0 Å². The highest BCUT2D eigenvalue weighted by atomic mass is 32.2. The SMILES string of the molecule is Fc1ccc(-n2c3ccccc3c3ccc4c(c32)Sc2ccccc2C42c3ccccc3-c3ccccc32)cc1. The Morgan fingerprint density at radius 2 is 1.15 bits per heavy atom. The zero-order valence-corrected chi connectivity index (χ0v) is 22.3. The maximum Gasteiger partial charge on any atom is 0.123 e.